The average molecular weight is 451 g/mol. The van der Waals surface area contributed by atoms with Crippen LogP contribution in [0, 0.1) is 5.92 Å². The third-order valence-electron chi connectivity index (χ3n) is 6.80. The van der Waals surface area contributed by atoms with Crippen LogP contribution in [0.4, 0.5) is 4.79 Å². The minimum atomic E-state index is -1.27. The molecule has 0 aliphatic heterocycles. The van der Waals surface area contributed by atoms with Gasteiger partial charge < -0.3 is 20.5 Å². The summed E-state index contributed by atoms with van der Waals surface area (Å²) in [7, 11) is 0. The summed E-state index contributed by atoms with van der Waals surface area (Å²) in [4.78, 5) is 36.4. The SMILES string of the molecule is CCCC(C)(NC(=O)C1CC(NC(=O)OCC2c3ccccc3-c3ccccc32)C1)C(=O)O. The molecule has 3 N–H and O–H groups in total. The summed E-state index contributed by atoms with van der Waals surface area (Å²) in [6.45, 7) is 3.65. The standard InChI is InChI=1S/C26H30N2O5/c1-3-12-26(2,24(30)31)28-23(29)16-13-17(14-16)27-25(32)33-15-22-20-10-6-4-8-18(20)19-9-5-7-11-21(19)22/h4-11,16-17,22H,3,12-15H2,1-2H3,(H,27,32)(H,28,29)(H,30,31). The molecule has 1 fully saturated rings. The van der Waals surface area contributed by atoms with E-state index in [1.807, 2.05) is 31.2 Å². The molecule has 0 radical (unpaired) electrons. The largest absolute Gasteiger partial charge is 0.480 e. The second kappa shape index (κ2) is 9.25. The fourth-order valence-electron chi connectivity index (χ4n) is 4.85. The van der Waals surface area contributed by atoms with E-state index in [1.165, 1.54) is 18.1 Å². The van der Waals surface area contributed by atoms with Crippen molar-refractivity contribution < 1.29 is 24.2 Å². The summed E-state index contributed by atoms with van der Waals surface area (Å²) in [6.07, 6.45) is 1.46. The molecule has 1 unspecified atom stereocenters. The van der Waals surface area contributed by atoms with Gasteiger partial charge in [-0.1, -0.05) is 61.9 Å². The summed E-state index contributed by atoms with van der Waals surface area (Å²) in [6, 6.07) is 16.2. The molecule has 0 aromatic heterocycles. The van der Waals surface area contributed by atoms with Crippen molar-refractivity contribution in [2.75, 3.05) is 6.61 Å². The number of nitrogens with one attached hydrogen (secondary N) is 2. The molecule has 0 heterocycles. The van der Waals surface area contributed by atoms with Crippen LogP contribution in [0.25, 0.3) is 11.1 Å². The van der Waals surface area contributed by atoms with E-state index in [0.29, 0.717) is 25.7 Å². The Labute approximate surface area is 193 Å². The summed E-state index contributed by atoms with van der Waals surface area (Å²) >= 11 is 0. The van der Waals surface area contributed by atoms with Gasteiger partial charge in [-0.2, -0.15) is 0 Å². The number of benzene rings is 2. The zero-order chi connectivity index (χ0) is 23.6. The van der Waals surface area contributed by atoms with Gasteiger partial charge in [-0.05, 0) is 48.4 Å². The summed E-state index contributed by atoms with van der Waals surface area (Å²) in [5, 5.41) is 14.9. The van der Waals surface area contributed by atoms with Crippen LogP contribution < -0.4 is 10.6 Å². The van der Waals surface area contributed by atoms with Gasteiger partial charge in [0.25, 0.3) is 0 Å². The molecular weight excluding hydrogens is 420 g/mol. The Morgan fingerprint density at radius 3 is 2.15 bits per heavy atom. The van der Waals surface area contributed by atoms with Crippen molar-refractivity contribution in [3.8, 4) is 11.1 Å². The lowest BCUT2D eigenvalue weighted by Crippen LogP contribution is -2.57. The molecule has 2 aliphatic carbocycles. The number of amides is 2. The maximum absolute atomic E-state index is 12.5. The molecule has 2 amide bonds. The van der Waals surface area contributed by atoms with E-state index in [2.05, 4.69) is 34.9 Å². The minimum Gasteiger partial charge on any atom is -0.480 e. The van der Waals surface area contributed by atoms with Crippen LogP contribution in [-0.2, 0) is 14.3 Å². The van der Waals surface area contributed by atoms with Crippen LogP contribution in [0.3, 0.4) is 0 Å². The van der Waals surface area contributed by atoms with Gasteiger partial charge in [0.05, 0.1) is 0 Å². The van der Waals surface area contributed by atoms with Gasteiger partial charge in [0.2, 0.25) is 5.91 Å². The number of rotatable bonds is 8. The Kier molecular flexibility index (Phi) is 6.40. The van der Waals surface area contributed by atoms with Gasteiger partial charge in [0, 0.05) is 17.9 Å². The van der Waals surface area contributed by atoms with Gasteiger partial charge in [-0.25, -0.2) is 9.59 Å². The summed E-state index contributed by atoms with van der Waals surface area (Å²) in [5.41, 5.74) is 3.38. The number of hydrogen-bond acceptors (Lipinski definition) is 4. The fraction of sp³-hybridized carbons (Fsp3) is 0.423. The van der Waals surface area contributed by atoms with Crippen LogP contribution >= 0.6 is 0 Å². The van der Waals surface area contributed by atoms with E-state index >= 15 is 0 Å². The first kappa shape index (κ1) is 22.8. The first-order chi connectivity index (χ1) is 15.8. The highest BCUT2D eigenvalue weighted by Gasteiger charge is 2.41. The van der Waals surface area contributed by atoms with Crippen molar-refractivity contribution in [2.45, 2.75) is 57.0 Å². The molecule has 2 aromatic carbocycles. The van der Waals surface area contributed by atoms with E-state index in [0.717, 1.165) is 11.1 Å². The molecule has 1 saturated carbocycles. The number of carboxylic acid groups (broad SMARTS) is 1. The molecule has 0 bridgehead atoms. The Morgan fingerprint density at radius 1 is 1.03 bits per heavy atom. The lowest BCUT2D eigenvalue weighted by atomic mass is 9.79. The number of carbonyl (C=O) groups is 3. The number of hydrogen-bond donors (Lipinski definition) is 3. The topological polar surface area (TPSA) is 105 Å². The Bertz CT molecular complexity index is 1020. The van der Waals surface area contributed by atoms with Crippen LogP contribution in [0.2, 0.25) is 0 Å². The molecule has 1 atom stereocenters. The molecule has 4 rings (SSSR count). The maximum atomic E-state index is 12.5. The second-order valence-electron chi connectivity index (χ2n) is 9.21. The van der Waals surface area contributed by atoms with Crippen molar-refractivity contribution in [3.63, 3.8) is 0 Å². The third kappa shape index (κ3) is 4.58. The van der Waals surface area contributed by atoms with Gasteiger partial charge in [0.1, 0.15) is 12.1 Å². The molecule has 2 aliphatic rings. The molecule has 7 nitrogen and oxygen atoms in total. The van der Waals surface area contributed by atoms with Crippen molar-refractivity contribution in [3.05, 3.63) is 59.7 Å². The van der Waals surface area contributed by atoms with Crippen LogP contribution in [0.15, 0.2) is 48.5 Å². The van der Waals surface area contributed by atoms with Gasteiger partial charge in [-0.3, -0.25) is 4.79 Å². The number of alkyl carbamates (subject to hydrolysis) is 1. The lowest BCUT2D eigenvalue weighted by Gasteiger charge is -2.37. The van der Waals surface area contributed by atoms with Crippen LogP contribution in [-0.4, -0.2) is 41.3 Å². The van der Waals surface area contributed by atoms with Gasteiger partial charge in [0.15, 0.2) is 0 Å². The minimum absolute atomic E-state index is 0.00433. The van der Waals surface area contributed by atoms with E-state index in [-0.39, 0.29) is 30.4 Å². The lowest BCUT2D eigenvalue weighted by molar-refractivity contribution is -0.148. The molecule has 0 spiro atoms. The predicted molar refractivity (Wildman–Crippen MR) is 124 cm³/mol. The monoisotopic (exact) mass is 450 g/mol. The average Bonchev–Trinajstić information content (AvgIpc) is 3.08. The van der Waals surface area contributed by atoms with Crippen LogP contribution in [0.1, 0.15) is 56.6 Å². The smallest absolute Gasteiger partial charge is 0.407 e. The Hall–Kier alpha value is -3.35. The Balaban J connectivity index is 1.27. The quantitative estimate of drug-likeness (QED) is 0.563. The number of ether oxygens (including phenoxy) is 1. The number of aliphatic carboxylic acids is 1. The van der Waals surface area contributed by atoms with E-state index < -0.39 is 17.6 Å². The zero-order valence-electron chi connectivity index (χ0n) is 19.0. The van der Waals surface area contributed by atoms with Gasteiger partial charge >= 0.3 is 12.1 Å². The number of fused-ring (bicyclic) bond motifs is 3. The highest BCUT2D eigenvalue weighted by molar-refractivity contribution is 5.88. The van der Waals surface area contributed by atoms with Crippen molar-refractivity contribution in [1.29, 1.82) is 0 Å². The first-order valence-corrected chi connectivity index (χ1v) is 11.5. The number of carbonyl (C=O) groups excluding carboxylic acids is 2. The molecule has 174 valence electrons. The maximum Gasteiger partial charge on any atom is 0.407 e. The van der Waals surface area contributed by atoms with E-state index in [1.54, 1.807) is 0 Å². The van der Waals surface area contributed by atoms with Crippen molar-refractivity contribution in [1.82, 2.24) is 10.6 Å². The highest BCUT2D eigenvalue weighted by Crippen LogP contribution is 2.44. The second-order valence-corrected chi connectivity index (χ2v) is 9.21. The van der Waals surface area contributed by atoms with E-state index in [4.69, 9.17) is 4.74 Å². The molecule has 0 saturated heterocycles. The zero-order valence-corrected chi connectivity index (χ0v) is 19.0. The Morgan fingerprint density at radius 2 is 1.61 bits per heavy atom. The van der Waals surface area contributed by atoms with Crippen molar-refractivity contribution >= 4 is 18.0 Å². The normalized spacial score (nSPS) is 20.5. The first-order valence-electron chi connectivity index (χ1n) is 11.5. The fourth-order valence-corrected chi connectivity index (χ4v) is 4.85. The van der Waals surface area contributed by atoms with Crippen molar-refractivity contribution in [2.24, 2.45) is 5.92 Å². The predicted octanol–water partition coefficient (Wildman–Crippen LogP) is 4.06. The summed E-state index contributed by atoms with van der Waals surface area (Å²) < 4.78 is 5.56. The van der Waals surface area contributed by atoms with Crippen LogP contribution in [0.5, 0.6) is 0 Å². The van der Waals surface area contributed by atoms with E-state index in [9.17, 15) is 19.5 Å². The van der Waals surface area contributed by atoms with Gasteiger partial charge in [-0.15, -0.1) is 0 Å². The highest BCUT2D eigenvalue weighted by atomic mass is 16.5. The third-order valence-corrected chi connectivity index (χ3v) is 6.80. The number of carboxylic acids is 1. The summed E-state index contributed by atoms with van der Waals surface area (Å²) in [5.74, 6) is -1.63. The molecule has 33 heavy (non-hydrogen) atoms. The molecule has 7 heteroatoms. The molecule has 2 aromatic rings. The molecular formula is C26H30N2O5.